The van der Waals surface area contributed by atoms with Crippen molar-refractivity contribution in [3.8, 4) is 0 Å². The molecule has 1 aromatic carbocycles. The Hall–Kier alpha value is -0.500. The van der Waals surface area contributed by atoms with Crippen LogP contribution in [0, 0.1) is 5.82 Å². The summed E-state index contributed by atoms with van der Waals surface area (Å²) in [6.45, 7) is 3.22. The Labute approximate surface area is 127 Å². The molecule has 2 rings (SSSR count). The summed E-state index contributed by atoms with van der Waals surface area (Å²) in [5.41, 5.74) is 0. The van der Waals surface area contributed by atoms with Crippen molar-refractivity contribution in [2.75, 3.05) is 19.7 Å². The maximum absolute atomic E-state index is 13.5. The zero-order valence-corrected chi connectivity index (χ0v) is 13.6. The van der Waals surface area contributed by atoms with Gasteiger partial charge in [-0.05, 0) is 53.9 Å². The molecule has 4 nitrogen and oxygen atoms in total. The van der Waals surface area contributed by atoms with Gasteiger partial charge in [-0.1, -0.05) is 0 Å². The summed E-state index contributed by atoms with van der Waals surface area (Å²) in [5.74, 6) is -0.579. The van der Waals surface area contributed by atoms with E-state index in [0.717, 1.165) is 18.9 Å². The molecular formula is C13H17BrFNO3S. The molecule has 0 amide bonds. The normalized spacial score (nSPS) is 21.1. The highest BCUT2D eigenvalue weighted by Crippen LogP contribution is 2.25. The lowest BCUT2D eigenvalue weighted by Crippen LogP contribution is -2.43. The van der Waals surface area contributed by atoms with Gasteiger partial charge in [-0.15, -0.1) is 0 Å². The van der Waals surface area contributed by atoms with Gasteiger partial charge in [0.1, 0.15) is 5.82 Å². The SMILES string of the molecule is CCOC1CCCN(S(=O)(=O)c2ccc(Br)c(F)c2)C1. The quantitative estimate of drug-likeness (QED) is 0.823. The fourth-order valence-electron chi connectivity index (χ4n) is 2.28. The van der Waals surface area contributed by atoms with Gasteiger partial charge in [0, 0.05) is 19.7 Å². The maximum Gasteiger partial charge on any atom is 0.243 e. The van der Waals surface area contributed by atoms with Crippen LogP contribution in [0.4, 0.5) is 4.39 Å². The third-order valence-corrected chi connectivity index (χ3v) is 5.78. The standard InChI is InChI=1S/C13H17BrFNO3S/c1-2-19-10-4-3-7-16(9-10)20(17,18)11-5-6-12(14)13(15)8-11/h5-6,8,10H,2-4,7,9H2,1H3. The molecule has 0 N–H and O–H groups in total. The number of halogens is 2. The molecule has 1 saturated heterocycles. The van der Waals surface area contributed by atoms with E-state index < -0.39 is 15.8 Å². The number of sulfonamides is 1. The van der Waals surface area contributed by atoms with Crippen molar-refractivity contribution in [1.29, 1.82) is 0 Å². The Morgan fingerprint density at radius 2 is 2.25 bits per heavy atom. The van der Waals surface area contributed by atoms with Crippen molar-refractivity contribution < 1.29 is 17.5 Å². The maximum atomic E-state index is 13.5. The van der Waals surface area contributed by atoms with E-state index >= 15 is 0 Å². The number of piperidine rings is 1. The molecule has 0 spiro atoms. The molecule has 1 aliphatic heterocycles. The highest BCUT2D eigenvalue weighted by molar-refractivity contribution is 9.10. The van der Waals surface area contributed by atoms with Crippen LogP contribution in [0.2, 0.25) is 0 Å². The van der Waals surface area contributed by atoms with Gasteiger partial charge in [0.2, 0.25) is 10.0 Å². The highest BCUT2D eigenvalue weighted by Gasteiger charge is 2.30. The van der Waals surface area contributed by atoms with Crippen LogP contribution in [-0.2, 0) is 14.8 Å². The van der Waals surface area contributed by atoms with Crippen molar-refractivity contribution in [3.63, 3.8) is 0 Å². The molecule has 7 heteroatoms. The van der Waals surface area contributed by atoms with Gasteiger partial charge in [-0.3, -0.25) is 0 Å². The fraction of sp³-hybridized carbons (Fsp3) is 0.538. The minimum absolute atomic E-state index is 0.0182. The van der Waals surface area contributed by atoms with Crippen molar-refractivity contribution in [1.82, 2.24) is 4.31 Å². The molecule has 0 radical (unpaired) electrons. The van der Waals surface area contributed by atoms with Crippen molar-refractivity contribution in [3.05, 3.63) is 28.5 Å². The molecule has 1 unspecified atom stereocenters. The van der Waals surface area contributed by atoms with E-state index in [9.17, 15) is 12.8 Å². The molecule has 0 saturated carbocycles. The first-order valence-electron chi connectivity index (χ1n) is 6.52. The van der Waals surface area contributed by atoms with Gasteiger partial charge >= 0.3 is 0 Å². The van der Waals surface area contributed by atoms with Crippen LogP contribution in [-0.4, -0.2) is 38.5 Å². The summed E-state index contributed by atoms with van der Waals surface area (Å²) in [6, 6.07) is 3.86. The van der Waals surface area contributed by atoms with E-state index in [1.807, 2.05) is 6.92 Å². The number of hydrogen-bond acceptors (Lipinski definition) is 3. The number of rotatable bonds is 4. The lowest BCUT2D eigenvalue weighted by molar-refractivity contribution is 0.0265. The van der Waals surface area contributed by atoms with Gasteiger partial charge < -0.3 is 4.74 Å². The second-order valence-corrected chi connectivity index (χ2v) is 7.45. The first-order valence-corrected chi connectivity index (χ1v) is 8.75. The van der Waals surface area contributed by atoms with Crippen LogP contribution in [0.15, 0.2) is 27.6 Å². The Balaban J connectivity index is 2.23. The van der Waals surface area contributed by atoms with E-state index in [4.69, 9.17) is 4.74 Å². The first kappa shape index (κ1) is 15.9. The molecule has 1 atom stereocenters. The third kappa shape index (κ3) is 3.39. The largest absolute Gasteiger partial charge is 0.377 e. The number of ether oxygens (including phenoxy) is 1. The van der Waals surface area contributed by atoms with Crippen LogP contribution in [0.1, 0.15) is 19.8 Å². The predicted molar refractivity (Wildman–Crippen MR) is 77.5 cm³/mol. The minimum atomic E-state index is -3.66. The molecule has 1 aliphatic rings. The Bertz CT molecular complexity index is 577. The van der Waals surface area contributed by atoms with E-state index in [0.29, 0.717) is 19.7 Å². The van der Waals surface area contributed by atoms with Gasteiger partial charge in [0.05, 0.1) is 15.5 Å². The van der Waals surface area contributed by atoms with Gasteiger partial charge in [-0.2, -0.15) is 4.31 Å². The van der Waals surface area contributed by atoms with Crippen LogP contribution in [0.3, 0.4) is 0 Å². The van der Waals surface area contributed by atoms with Crippen molar-refractivity contribution >= 4 is 26.0 Å². The average Bonchev–Trinajstić information content (AvgIpc) is 2.42. The number of nitrogens with zero attached hydrogens (tertiary/aromatic N) is 1. The predicted octanol–water partition coefficient (Wildman–Crippen LogP) is 2.78. The fourth-order valence-corrected chi connectivity index (χ4v) is 4.05. The van der Waals surface area contributed by atoms with E-state index in [1.54, 1.807) is 0 Å². The summed E-state index contributed by atoms with van der Waals surface area (Å²) in [5, 5.41) is 0. The van der Waals surface area contributed by atoms with Crippen LogP contribution in [0.5, 0.6) is 0 Å². The van der Waals surface area contributed by atoms with E-state index in [2.05, 4.69) is 15.9 Å². The molecule has 1 aromatic rings. The Morgan fingerprint density at radius 3 is 2.90 bits per heavy atom. The Kier molecular flexibility index (Phi) is 5.17. The van der Waals surface area contributed by atoms with E-state index in [1.165, 1.54) is 16.4 Å². The smallest absolute Gasteiger partial charge is 0.243 e. The van der Waals surface area contributed by atoms with Gasteiger partial charge in [0.15, 0.2) is 0 Å². The third-order valence-electron chi connectivity index (χ3n) is 3.27. The lowest BCUT2D eigenvalue weighted by Gasteiger charge is -2.31. The van der Waals surface area contributed by atoms with Crippen molar-refractivity contribution in [2.24, 2.45) is 0 Å². The zero-order chi connectivity index (χ0) is 14.8. The zero-order valence-electron chi connectivity index (χ0n) is 11.2. The molecule has 0 aliphatic carbocycles. The average molecular weight is 366 g/mol. The molecule has 0 bridgehead atoms. The molecule has 1 fully saturated rings. The van der Waals surface area contributed by atoms with Gasteiger partial charge in [-0.25, -0.2) is 12.8 Å². The van der Waals surface area contributed by atoms with E-state index in [-0.39, 0.29) is 15.5 Å². The molecule has 1 heterocycles. The summed E-state index contributed by atoms with van der Waals surface area (Å²) in [6.07, 6.45) is 1.53. The van der Waals surface area contributed by atoms with Gasteiger partial charge in [0.25, 0.3) is 0 Å². The molecular weight excluding hydrogens is 349 g/mol. The number of benzene rings is 1. The minimum Gasteiger partial charge on any atom is -0.377 e. The molecule has 0 aromatic heterocycles. The molecule has 112 valence electrons. The monoisotopic (exact) mass is 365 g/mol. The first-order chi connectivity index (χ1) is 9.45. The molecule has 20 heavy (non-hydrogen) atoms. The second kappa shape index (κ2) is 6.51. The second-order valence-electron chi connectivity index (χ2n) is 4.66. The summed E-state index contributed by atoms with van der Waals surface area (Å²) < 4.78 is 45.6. The summed E-state index contributed by atoms with van der Waals surface area (Å²) in [7, 11) is -3.66. The lowest BCUT2D eigenvalue weighted by atomic mass is 10.1. The van der Waals surface area contributed by atoms with Crippen LogP contribution < -0.4 is 0 Å². The summed E-state index contributed by atoms with van der Waals surface area (Å²) >= 11 is 3.02. The van der Waals surface area contributed by atoms with Crippen LogP contribution >= 0.6 is 15.9 Å². The highest BCUT2D eigenvalue weighted by atomic mass is 79.9. The van der Waals surface area contributed by atoms with Crippen LogP contribution in [0.25, 0.3) is 0 Å². The topological polar surface area (TPSA) is 46.6 Å². The summed E-state index contributed by atoms with van der Waals surface area (Å²) in [4.78, 5) is -0.0182. The van der Waals surface area contributed by atoms with Crippen molar-refractivity contribution in [2.45, 2.75) is 30.8 Å². The Morgan fingerprint density at radius 1 is 1.50 bits per heavy atom. The number of hydrogen-bond donors (Lipinski definition) is 0.